The van der Waals surface area contributed by atoms with E-state index in [1.807, 2.05) is 18.3 Å². The van der Waals surface area contributed by atoms with Gasteiger partial charge in [0.05, 0.1) is 5.69 Å². The SMILES string of the molecule is C=Cc1ccc(C2=C(C)C(C)C=CC=C2c2ccnc(Nc3ccc(N4CCNCC4)cc3)n2)cc1C. The minimum atomic E-state index is 0.330. The summed E-state index contributed by atoms with van der Waals surface area (Å²) >= 11 is 0. The molecule has 0 saturated carbocycles. The fourth-order valence-corrected chi connectivity index (χ4v) is 5.02. The second-order valence-electron chi connectivity index (χ2n) is 9.76. The van der Waals surface area contributed by atoms with Crippen molar-refractivity contribution in [1.29, 1.82) is 0 Å². The fraction of sp³-hybridized carbons (Fsp3) is 0.250. The minimum absolute atomic E-state index is 0.330. The molecule has 1 aromatic heterocycles. The van der Waals surface area contributed by atoms with E-state index in [1.165, 1.54) is 28.0 Å². The third kappa shape index (κ3) is 5.42. The van der Waals surface area contributed by atoms with Gasteiger partial charge in [0.1, 0.15) is 0 Å². The first-order chi connectivity index (χ1) is 18.0. The van der Waals surface area contributed by atoms with Crippen molar-refractivity contribution in [2.24, 2.45) is 5.92 Å². The van der Waals surface area contributed by atoms with Crippen molar-refractivity contribution in [2.45, 2.75) is 20.8 Å². The van der Waals surface area contributed by atoms with Gasteiger partial charge in [-0.25, -0.2) is 9.97 Å². The molecular formula is C32H35N5. The summed E-state index contributed by atoms with van der Waals surface area (Å²) in [6, 6.07) is 17.1. The molecule has 5 nitrogen and oxygen atoms in total. The van der Waals surface area contributed by atoms with Crippen LogP contribution in [0.4, 0.5) is 17.3 Å². The molecule has 1 fully saturated rings. The van der Waals surface area contributed by atoms with Crippen molar-refractivity contribution in [3.63, 3.8) is 0 Å². The van der Waals surface area contributed by atoms with Crippen LogP contribution in [0, 0.1) is 12.8 Å². The first-order valence-electron chi connectivity index (χ1n) is 13.0. The van der Waals surface area contributed by atoms with Crippen LogP contribution in [-0.2, 0) is 0 Å². The topological polar surface area (TPSA) is 53.1 Å². The van der Waals surface area contributed by atoms with Crippen molar-refractivity contribution in [1.82, 2.24) is 15.3 Å². The van der Waals surface area contributed by atoms with Crippen LogP contribution < -0.4 is 15.5 Å². The third-order valence-corrected chi connectivity index (χ3v) is 7.32. The molecule has 1 atom stereocenters. The quantitative estimate of drug-likeness (QED) is 0.406. The number of nitrogens with zero attached hydrogens (tertiary/aromatic N) is 3. The van der Waals surface area contributed by atoms with Gasteiger partial charge < -0.3 is 15.5 Å². The standard InChI is InChI=1S/C32H35N5/c1-5-25-9-10-26(21-23(25)3)31-24(4)22(2)7-6-8-29(31)30-15-16-34-32(36-30)35-27-11-13-28(14-12-27)37-19-17-33-18-20-37/h5-16,21-22,33H,1,17-20H2,2-4H3,(H,34,35,36). The van der Waals surface area contributed by atoms with E-state index in [1.54, 1.807) is 0 Å². The Morgan fingerprint density at radius 1 is 1.05 bits per heavy atom. The molecule has 1 aliphatic carbocycles. The number of benzene rings is 2. The smallest absolute Gasteiger partial charge is 0.227 e. The minimum Gasteiger partial charge on any atom is -0.369 e. The summed E-state index contributed by atoms with van der Waals surface area (Å²) in [6.07, 6.45) is 10.3. The monoisotopic (exact) mass is 489 g/mol. The average molecular weight is 490 g/mol. The van der Waals surface area contributed by atoms with Gasteiger partial charge >= 0.3 is 0 Å². The maximum Gasteiger partial charge on any atom is 0.227 e. The molecule has 188 valence electrons. The molecule has 1 saturated heterocycles. The fourth-order valence-electron chi connectivity index (χ4n) is 5.02. The molecule has 0 radical (unpaired) electrons. The molecule has 2 aliphatic rings. The van der Waals surface area contributed by atoms with Gasteiger partial charge in [0.15, 0.2) is 0 Å². The number of rotatable bonds is 6. The molecule has 3 aromatic rings. The van der Waals surface area contributed by atoms with Crippen LogP contribution in [0.25, 0.3) is 17.2 Å². The predicted molar refractivity (Wildman–Crippen MR) is 157 cm³/mol. The van der Waals surface area contributed by atoms with E-state index in [0.29, 0.717) is 11.9 Å². The lowest BCUT2D eigenvalue weighted by Gasteiger charge is -2.29. The second kappa shape index (κ2) is 11.0. The van der Waals surface area contributed by atoms with Crippen LogP contribution in [0.5, 0.6) is 0 Å². The highest BCUT2D eigenvalue weighted by atomic mass is 15.2. The van der Waals surface area contributed by atoms with Gasteiger partial charge in [-0.2, -0.15) is 0 Å². The lowest BCUT2D eigenvalue weighted by Crippen LogP contribution is -2.43. The summed E-state index contributed by atoms with van der Waals surface area (Å²) in [5, 5.41) is 6.81. The molecule has 2 N–H and O–H groups in total. The number of allylic oxidation sites excluding steroid dienone is 6. The van der Waals surface area contributed by atoms with Gasteiger partial charge in [0, 0.05) is 49.3 Å². The van der Waals surface area contributed by atoms with Gasteiger partial charge in [-0.3, -0.25) is 0 Å². The lowest BCUT2D eigenvalue weighted by molar-refractivity contribution is 0.589. The Kier molecular flexibility index (Phi) is 7.33. The summed E-state index contributed by atoms with van der Waals surface area (Å²) in [5.74, 6) is 0.918. The summed E-state index contributed by atoms with van der Waals surface area (Å²) in [4.78, 5) is 11.9. The van der Waals surface area contributed by atoms with E-state index >= 15 is 0 Å². The van der Waals surface area contributed by atoms with E-state index in [2.05, 4.69) is 109 Å². The summed E-state index contributed by atoms with van der Waals surface area (Å²) in [7, 11) is 0. The molecule has 5 heteroatoms. The highest BCUT2D eigenvalue weighted by Crippen LogP contribution is 2.38. The first-order valence-corrected chi connectivity index (χ1v) is 13.0. The van der Waals surface area contributed by atoms with Crippen molar-refractivity contribution in [3.8, 4) is 0 Å². The number of aryl methyl sites for hydroxylation is 1. The number of piperazine rings is 1. The highest BCUT2D eigenvalue weighted by Gasteiger charge is 2.20. The Balaban J connectivity index is 1.44. The largest absolute Gasteiger partial charge is 0.369 e. The molecule has 5 rings (SSSR count). The first kappa shape index (κ1) is 24.7. The third-order valence-electron chi connectivity index (χ3n) is 7.32. The van der Waals surface area contributed by atoms with Crippen molar-refractivity contribution < 1.29 is 0 Å². The number of hydrogen-bond donors (Lipinski definition) is 2. The Labute approximate surface area is 220 Å². The molecule has 37 heavy (non-hydrogen) atoms. The highest BCUT2D eigenvalue weighted by molar-refractivity contribution is 6.06. The van der Waals surface area contributed by atoms with Crippen LogP contribution >= 0.6 is 0 Å². The van der Waals surface area contributed by atoms with Crippen molar-refractivity contribution >= 4 is 34.5 Å². The van der Waals surface area contributed by atoms with Crippen molar-refractivity contribution in [2.75, 3.05) is 36.4 Å². The molecule has 1 aliphatic heterocycles. The van der Waals surface area contributed by atoms with E-state index in [9.17, 15) is 0 Å². The summed E-state index contributed by atoms with van der Waals surface area (Å²) < 4.78 is 0. The van der Waals surface area contributed by atoms with Crippen molar-refractivity contribution in [3.05, 3.63) is 107 Å². The van der Waals surface area contributed by atoms with Gasteiger partial charge in [0.25, 0.3) is 0 Å². The maximum absolute atomic E-state index is 4.94. The molecule has 0 spiro atoms. The zero-order chi connectivity index (χ0) is 25.8. The second-order valence-corrected chi connectivity index (χ2v) is 9.76. The van der Waals surface area contributed by atoms with Crippen LogP contribution in [0.15, 0.2) is 85.1 Å². The van der Waals surface area contributed by atoms with E-state index in [4.69, 9.17) is 4.98 Å². The van der Waals surface area contributed by atoms with Crippen LogP contribution in [0.1, 0.15) is 36.2 Å². The molecule has 2 heterocycles. The summed E-state index contributed by atoms with van der Waals surface area (Å²) in [5.41, 5.74) is 10.3. The molecule has 2 aromatic carbocycles. The Morgan fingerprint density at radius 3 is 2.57 bits per heavy atom. The zero-order valence-electron chi connectivity index (χ0n) is 22.0. The Bertz CT molecular complexity index is 1370. The molecule has 0 bridgehead atoms. The number of hydrogen-bond acceptors (Lipinski definition) is 5. The molecule has 0 amide bonds. The Morgan fingerprint density at radius 2 is 1.84 bits per heavy atom. The number of anilines is 3. The summed E-state index contributed by atoms with van der Waals surface area (Å²) in [6.45, 7) is 14.7. The van der Waals surface area contributed by atoms with Crippen LogP contribution in [-0.4, -0.2) is 36.1 Å². The lowest BCUT2D eigenvalue weighted by atomic mass is 9.87. The van der Waals surface area contributed by atoms with Gasteiger partial charge in [-0.05, 0) is 72.4 Å². The number of aromatic nitrogens is 2. The normalized spacial score (nSPS) is 17.9. The number of nitrogens with one attached hydrogen (secondary N) is 2. The zero-order valence-corrected chi connectivity index (χ0v) is 22.0. The maximum atomic E-state index is 4.94. The van der Waals surface area contributed by atoms with Crippen LogP contribution in [0.2, 0.25) is 0 Å². The molecule has 1 unspecified atom stereocenters. The molecular weight excluding hydrogens is 454 g/mol. The van der Waals surface area contributed by atoms with Crippen LogP contribution in [0.3, 0.4) is 0 Å². The van der Waals surface area contributed by atoms with Gasteiger partial charge in [-0.15, -0.1) is 0 Å². The van der Waals surface area contributed by atoms with E-state index < -0.39 is 0 Å². The van der Waals surface area contributed by atoms with E-state index in [0.717, 1.165) is 48.7 Å². The Hall–Kier alpha value is -3.96. The predicted octanol–water partition coefficient (Wildman–Crippen LogP) is 6.64. The van der Waals surface area contributed by atoms with E-state index in [-0.39, 0.29) is 0 Å². The van der Waals surface area contributed by atoms with Gasteiger partial charge in [-0.1, -0.05) is 61.6 Å². The average Bonchev–Trinajstić information content (AvgIpc) is 3.07. The van der Waals surface area contributed by atoms with Gasteiger partial charge in [0.2, 0.25) is 5.95 Å².